The average molecular weight is 791 g/mol. The van der Waals surface area contributed by atoms with E-state index in [1.54, 1.807) is 39.0 Å². The van der Waals surface area contributed by atoms with Gasteiger partial charge in [-0.3, -0.25) is 0 Å². The van der Waals surface area contributed by atoms with Gasteiger partial charge in [0, 0.05) is 28.7 Å². The molecule has 0 heterocycles. The fourth-order valence-electron chi connectivity index (χ4n) is 6.49. The second kappa shape index (κ2) is 20.3. The summed E-state index contributed by atoms with van der Waals surface area (Å²) in [7, 11) is 0. The van der Waals surface area contributed by atoms with Crippen molar-refractivity contribution >= 4 is 35.9 Å². The zero-order chi connectivity index (χ0) is 41.8. The first-order valence-corrected chi connectivity index (χ1v) is 19.4. The molecule has 0 N–H and O–H groups in total. The van der Waals surface area contributed by atoms with E-state index < -0.39 is 29.8 Å². The highest BCUT2D eigenvalue weighted by atomic mass is 16.6. The van der Waals surface area contributed by atoms with Crippen LogP contribution in [0.3, 0.4) is 0 Å². The van der Waals surface area contributed by atoms with Gasteiger partial charge in [-0.1, -0.05) is 44.0 Å². The number of ether oxygens (including phenoxy) is 6. The first-order chi connectivity index (χ1) is 27.7. The van der Waals surface area contributed by atoms with Crippen LogP contribution in [0.4, 0.5) is 0 Å². The molecule has 0 amide bonds. The van der Waals surface area contributed by atoms with Gasteiger partial charge in [0.2, 0.25) is 0 Å². The molecule has 5 rings (SSSR count). The molecule has 3 aromatic rings. The molecule has 2 aliphatic carbocycles. The highest BCUT2D eigenvalue weighted by Gasteiger charge is 2.27. The SMILES string of the molecule is C=C(C)C(=O)OCC(CCOc1ccc2c(c1)CCc1cc(/C=C/C(=O)O[C@H]3CC[C@@H](OC(=O)c4ccc(OC(=O)C(=C)C)cc4)CC3)ccc1-2)COC(=O)C(=C)C. The number of carbonyl (C=O) groups excluding carboxylic acids is 5. The molecule has 0 bridgehead atoms. The lowest BCUT2D eigenvalue weighted by Gasteiger charge is -2.27. The van der Waals surface area contributed by atoms with E-state index in [9.17, 15) is 24.0 Å². The van der Waals surface area contributed by atoms with Crippen LogP contribution in [0.2, 0.25) is 0 Å². The molecule has 304 valence electrons. The van der Waals surface area contributed by atoms with Crippen LogP contribution in [0.5, 0.6) is 11.5 Å². The molecule has 0 unspecified atom stereocenters. The van der Waals surface area contributed by atoms with Crippen LogP contribution in [-0.2, 0) is 51.0 Å². The van der Waals surface area contributed by atoms with Crippen LogP contribution in [0.1, 0.15) is 79.9 Å². The highest BCUT2D eigenvalue weighted by molar-refractivity contribution is 5.91. The van der Waals surface area contributed by atoms with E-state index >= 15 is 0 Å². The summed E-state index contributed by atoms with van der Waals surface area (Å²) in [6.07, 6.45) is 7.12. The van der Waals surface area contributed by atoms with Crippen molar-refractivity contribution < 1.29 is 52.4 Å². The predicted molar refractivity (Wildman–Crippen MR) is 218 cm³/mol. The number of esters is 5. The number of benzene rings is 3. The smallest absolute Gasteiger partial charge is 0.338 e. The van der Waals surface area contributed by atoms with Gasteiger partial charge in [0.1, 0.15) is 23.7 Å². The van der Waals surface area contributed by atoms with Gasteiger partial charge in [0.25, 0.3) is 0 Å². The Balaban J connectivity index is 1.07. The minimum Gasteiger partial charge on any atom is -0.494 e. The quantitative estimate of drug-likeness (QED) is 0.0565. The van der Waals surface area contributed by atoms with Gasteiger partial charge < -0.3 is 28.4 Å². The maximum Gasteiger partial charge on any atom is 0.338 e. The monoisotopic (exact) mass is 790 g/mol. The zero-order valence-corrected chi connectivity index (χ0v) is 33.3. The molecule has 3 aromatic carbocycles. The summed E-state index contributed by atoms with van der Waals surface area (Å²) in [6, 6.07) is 18.3. The van der Waals surface area contributed by atoms with E-state index in [4.69, 9.17) is 28.4 Å². The fraction of sp³-hybridized carbons (Fsp3) is 0.340. The van der Waals surface area contributed by atoms with Crippen LogP contribution in [0.15, 0.2) is 103 Å². The fourth-order valence-corrected chi connectivity index (χ4v) is 6.49. The Morgan fingerprint density at radius 1 is 0.672 bits per heavy atom. The van der Waals surface area contributed by atoms with Crippen LogP contribution in [0.25, 0.3) is 17.2 Å². The third-order valence-corrected chi connectivity index (χ3v) is 9.79. The van der Waals surface area contributed by atoms with Crippen molar-refractivity contribution in [3.8, 4) is 22.6 Å². The molecule has 58 heavy (non-hydrogen) atoms. The van der Waals surface area contributed by atoms with E-state index in [0.717, 1.165) is 35.3 Å². The maximum atomic E-state index is 12.7. The number of carbonyl (C=O) groups is 5. The molecule has 0 aliphatic heterocycles. The van der Waals surface area contributed by atoms with Gasteiger partial charge in [0.15, 0.2) is 0 Å². The van der Waals surface area contributed by atoms with Crippen molar-refractivity contribution in [2.75, 3.05) is 19.8 Å². The van der Waals surface area contributed by atoms with Gasteiger partial charge >= 0.3 is 29.8 Å². The summed E-state index contributed by atoms with van der Waals surface area (Å²) in [5.41, 5.74) is 6.71. The molecular formula is C47H50O11. The molecule has 2 aliphatic rings. The lowest BCUT2D eigenvalue weighted by atomic mass is 9.84. The van der Waals surface area contributed by atoms with Crippen molar-refractivity contribution in [2.24, 2.45) is 5.92 Å². The first kappa shape index (κ1) is 42.9. The number of fused-ring (bicyclic) bond motifs is 3. The van der Waals surface area contributed by atoms with E-state index in [-0.39, 0.29) is 36.9 Å². The Morgan fingerprint density at radius 2 is 1.21 bits per heavy atom. The molecule has 0 aromatic heterocycles. The molecule has 1 saturated carbocycles. The van der Waals surface area contributed by atoms with E-state index in [2.05, 4.69) is 37.9 Å². The average Bonchev–Trinajstić information content (AvgIpc) is 3.21. The van der Waals surface area contributed by atoms with Gasteiger partial charge in [-0.15, -0.1) is 0 Å². The molecule has 0 spiro atoms. The number of aryl methyl sites for hydroxylation is 2. The van der Waals surface area contributed by atoms with Gasteiger partial charge in [-0.05, 0) is 136 Å². The van der Waals surface area contributed by atoms with Crippen molar-refractivity contribution in [2.45, 2.75) is 77.9 Å². The second-order valence-corrected chi connectivity index (χ2v) is 14.8. The first-order valence-electron chi connectivity index (χ1n) is 19.4. The second-order valence-electron chi connectivity index (χ2n) is 14.8. The van der Waals surface area contributed by atoms with Crippen LogP contribution < -0.4 is 9.47 Å². The summed E-state index contributed by atoms with van der Waals surface area (Å²) in [6.45, 7) is 15.9. The Morgan fingerprint density at radius 3 is 1.79 bits per heavy atom. The summed E-state index contributed by atoms with van der Waals surface area (Å²) >= 11 is 0. The Bertz CT molecular complexity index is 2050. The van der Waals surface area contributed by atoms with E-state index in [1.807, 2.05) is 18.2 Å². The lowest BCUT2D eigenvalue weighted by molar-refractivity contribution is -0.146. The summed E-state index contributed by atoms with van der Waals surface area (Å²) in [4.78, 5) is 61.0. The Kier molecular flexibility index (Phi) is 15.0. The normalized spacial score (nSPS) is 15.7. The Hall–Kier alpha value is -6.23. The molecule has 0 atom stereocenters. The molecular weight excluding hydrogens is 741 g/mol. The molecule has 11 heteroatoms. The molecule has 0 radical (unpaired) electrons. The number of hydrogen-bond donors (Lipinski definition) is 0. The van der Waals surface area contributed by atoms with Crippen molar-refractivity contribution in [3.63, 3.8) is 0 Å². The minimum atomic E-state index is -0.539. The standard InChI is InChI=1S/C47H50O11/c1-29(2)44(49)54-27-33(28-55-45(50)30(3)4)23-24-53-40-19-21-42-36(26-40)10-9-35-25-32(7-20-41(35)42)8-22-43(48)56-37-15-17-39(18-16-37)58-47(52)34-11-13-38(14-12-34)57-46(51)31(5)6/h7-8,11-14,19-22,25-26,33,37,39H,1,3,5,9-10,15-18,23-24,27-28H2,2,4,6H3/b22-8+/t37-,39+. The van der Waals surface area contributed by atoms with Gasteiger partial charge in [-0.25, -0.2) is 24.0 Å². The highest BCUT2D eigenvalue weighted by Crippen LogP contribution is 2.36. The lowest BCUT2D eigenvalue weighted by Crippen LogP contribution is -2.29. The largest absolute Gasteiger partial charge is 0.494 e. The summed E-state index contributed by atoms with van der Waals surface area (Å²) in [5, 5.41) is 0. The molecule has 0 saturated heterocycles. The van der Waals surface area contributed by atoms with Crippen LogP contribution in [-0.4, -0.2) is 61.9 Å². The molecule has 1 fully saturated rings. The van der Waals surface area contributed by atoms with E-state index in [0.29, 0.717) is 61.2 Å². The van der Waals surface area contributed by atoms with Gasteiger partial charge in [-0.2, -0.15) is 0 Å². The predicted octanol–water partition coefficient (Wildman–Crippen LogP) is 8.28. The van der Waals surface area contributed by atoms with Crippen LogP contribution >= 0.6 is 0 Å². The van der Waals surface area contributed by atoms with Crippen molar-refractivity contribution in [1.82, 2.24) is 0 Å². The van der Waals surface area contributed by atoms with E-state index in [1.165, 1.54) is 29.3 Å². The summed E-state index contributed by atoms with van der Waals surface area (Å²) in [5.74, 6) is -1.66. The Labute approximate surface area is 339 Å². The zero-order valence-electron chi connectivity index (χ0n) is 33.3. The topological polar surface area (TPSA) is 141 Å². The minimum absolute atomic E-state index is 0.0673. The van der Waals surface area contributed by atoms with Crippen molar-refractivity contribution in [1.29, 1.82) is 0 Å². The summed E-state index contributed by atoms with van der Waals surface area (Å²) < 4.78 is 33.3. The van der Waals surface area contributed by atoms with Crippen LogP contribution in [0, 0.1) is 5.92 Å². The third-order valence-electron chi connectivity index (χ3n) is 9.79. The maximum absolute atomic E-state index is 12.7. The molecule has 11 nitrogen and oxygen atoms in total. The van der Waals surface area contributed by atoms with Crippen molar-refractivity contribution in [3.05, 3.63) is 125 Å². The number of rotatable bonds is 17. The number of hydrogen-bond acceptors (Lipinski definition) is 11. The third kappa shape index (κ3) is 12.4. The van der Waals surface area contributed by atoms with Gasteiger partial charge in [0.05, 0.1) is 25.4 Å².